The average Bonchev–Trinajstić information content (AvgIpc) is 2.51. The summed E-state index contributed by atoms with van der Waals surface area (Å²) in [5.74, 6) is 0. The highest BCUT2D eigenvalue weighted by molar-refractivity contribution is 8.13. The Morgan fingerprint density at radius 2 is 1.41 bits per heavy atom. The molecule has 7 nitrogen and oxygen atoms in total. The number of nitriles is 1. The Morgan fingerprint density at radius 1 is 1.00 bits per heavy atom. The molecular weight excluding hydrogens is 428 g/mol. The fourth-order valence-electron chi connectivity index (χ4n) is 1.24. The molecule has 0 saturated heterocycles. The summed E-state index contributed by atoms with van der Waals surface area (Å²) >= 11 is 0. The molecule has 0 N–H and O–H groups in total. The number of aromatic nitrogens is 1. The number of pyridine rings is 1. The summed E-state index contributed by atoms with van der Waals surface area (Å²) in [6.07, 6.45) is 6.30. The topological polar surface area (TPSA) is 110 Å². The Labute approximate surface area is 151 Å². The number of unbranched alkanes of at least 4 members (excludes halogenated alkanes) is 1. The smallest absolute Gasteiger partial charge is 0.421 e. The molecule has 27 heavy (non-hydrogen) atoms. The summed E-state index contributed by atoms with van der Waals surface area (Å²) in [5, 5.41) is 8.55. The van der Waals surface area contributed by atoms with E-state index in [9.17, 15) is 43.2 Å². The van der Waals surface area contributed by atoms with Crippen molar-refractivity contribution in [3.05, 3.63) is 34.2 Å². The van der Waals surface area contributed by atoms with Crippen molar-refractivity contribution in [2.45, 2.75) is 37.3 Å². The number of hydrogen-bond acceptors (Lipinski definition) is 5. The largest absolute Gasteiger partial charge is 0.480 e. The Balaban J connectivity index is 0.000000511. The van der Waals surface area contributed by atoms with Crippen LogP contribution in [0.25, 0.3) is 4.13 Å². The molecule has 0 aliphatic carbocycles. The average molecular weight is 441 g/mol. The van der Waals surface area contributed by atoms with Crippen molar-refractivity contribution in [2.24, 2.45) is 0 Å². The fourth-order valence-corrected chi connectivity index (χ4v) is 2.94. The molecule has 0 radical (unpaired) electrons. The second-order valence-electron chi connectivity index (χ2n) is 4.71. The Morgan fingerprint density at radius 3 is 1.70 bits per heavy atom. The van der Waals surface area contributed by atoms with E-state index in [1.54, 1.807) is 0 Å². The van der Waals surface area contributed by atoms with Crippen LogP contribution in [-0.4, -0.2) is 27.9 Å². The molecule has 15 heteroatoms. The van der Waals surface area contributed by atoms with Gasteiger partial charge in [0.1, 0.15) is 6.54 Å². The molecule has 0 saturated carbocycles. The summed E-state index contributed by atoms with van der Waals surface area (Å²) in [5.41, 5.74) is -11.7. The third-order valence-corrected chi connectivity index (χ3v) is 5.31. The van der Waals surface area contributed by atoms with Gasteiger partial charge in [0.05, 0.1) is 11.6 Å². The highest BCUT2D eigenvalue weighted by atomic mass is 32.3. The van der Waals surface area contributed by atoms with Gasteiger partial charge in [0, 0.05) is 18.6 Å². The summed E-state index contributed by atoms with van der Waals surface area (Å²) in [6.45, 7) is 3.21. The standard InChI is InChI=1S/C10H13N2.C2F6NO4S2/c1-2-3-6-12-7-4-10(9-11)5-8-12;3-1(4,5)14(10,11)9-15(12,13)2(6,7)8/h4-5,7-8H,2-3,6H2,1H3;/q+1;-1. The molecule has 0 spiro atoms. The molecular formula is C12H13F6N3O4S2. The first kappa shape index (κ1) is 25.1. The van der Waals surface area contributed by atoms with Crippen LogP contribution in [0.5, 0.6) is 0 Å². The lowest BCUT2D eigenvalue weighted by Crippen LogP contribution is -2.32. The highest BCUT2D eigenvalue weighted by Crippen LogP contribution is 2.36. The molecule has 0 bridgehead atoms. The second-order valence-corrected chi connectivity index (χ2v) is 8.13. The van der Waals surface area contributed by atoms with Gasteiger partial charge in [0.2, 0.25) is 0 Å². The molecule has 0 fully saturated rings. The molecule has 0 atom stereocenters. The quantitative estimate of drug-likeness (QED) is 0.516. The van der Waals surface area contributed by atoms with Crippen LogP contribution < -0.4 is 4.57 Å². The second kappa shape index (κ2) is 9.33. The van der Waals surface area contributed by atoms with Crippen molar-refractivity contribution in [1.29, 1.82) is 5.26 Å². The van der Waals surface area contributed by atoms with Crippen LogP contribution in [0.1, 0.15) is 25.3 Å². The third-order valence-electron chi connectivity index (χ3n) is 2.57. The van der Waals surface area contributed by atoms with Crippen LogP contribution in [0, 0.1) is 11.3 Å². The number of hydrogen-bond donors (Lipinski definition) is 0. The van der Waals surface area contributed by atoms with Crippen LogP contribution in [0.2, 0.25) is 0 Å². The van der Waals surface area contributed by atoms with Gasteiger partial charge in [-0.2, -0.15) is 31.6 Å². The first-order valence-corrected chi connectivity index (χ1v) is 9.71. The number of rotatable bonds is 5. The molecule has 0 aliphatic rings. The van der Waals surface area contributed by atoms with Gasteiger partial charge >= 0.3 is 11.0 Å². The van der Waals surface area contributed by atoms with Gasteiger partial charge in [-0.3, -0.25) is 0 Å². The van der Waals surface area contributed by atoms with Crippen LogP contribution in [0.3, 0.4) is 0 Å². The van der Waals surface area contributed by atoms with E-state index < -0.39 is 31.1 Å². The number of nitrogens with zero attached hydrogens (tertiary/aromatic N) is 3. The van der Waals surface area contributed by atoms with Gasteiger partial charge in [-0.15, -0.1) is 0 Å². The molecule has 1 rings (SSSR count). The summed E-state index contributed by atoms with van der Waals surface area (Å²) in [7, 11) is -13.4. The van der Waals surface area contributed by atoms with Gasteiger partial charge < -0.3 is 4.13 Å². The van der Waals surface area contributed by atoms with Gasteiger partial charge in [0.25, 0.3) is 0 Å². The normalized spacial score (nSPS) is 12.7. The number of halogens is 6. The van der Waals surface area contributed by atoms with Gasteiger partial charge in [-0.1, -0.05) is 13.3 Å². The van der Waals surface area contributed by atoms with Gasteiger partial charge in [-0.25, -0.2) is 21.4 Å². The fraction of sp³-hybridized carbons (Fsp3) is 0.500. The first-order valence-electron chi connectivity index (χ1n) is 6.83. The van der Waals surface area contributed by atoms with Crippen molar-refractivity contribution in [1.82, 2.24) is 0 Å². The predicted octanol–water partition coefficient (Wildman–Crippen LogP) is 2.71. The predicted molar refractivity (Wildman–Crippen MR) is 79.6 cm³/mol. The third kappa shape index (κ3) is 8.10. The van der Waals surface area contributed by atoms with Crippen LogP contribution in [0.15, 0.2) is 24.5 Å². The highest BCUT2D eigenvalue weighted by Gasteiger charge is 2.46. The Bertz CT molecular complexity index is 814. The minimum Gasteiger partial charge on any atom is -0.421 e. The maximum absolute atomic E-state index is 11.4. The lowest BCUT2D eigenvalue weighted by atomic mass is 10.3. The van der Waals surface area contributed by atoms with E-state index in [-0.39, 0.29) is 0 Å². The first-order chi connectivity index (χ1) is 12.1. The summed E-state index contributed by atoms with van der Waals surface area (Å²) in [6, 6.07) is 5.78. The molecule has 0 aliphatic heterocycles. The zero-order valence-corrected chi connectivity index (χ0v) is 15.1. The maximum Gasteiger partial charge on any atom is 0.480 e. The van der Waals surface area contributed by atoms with E-state index in [2.05, 4.69) is 17.6 Å². The lowest BCUT2D eigenvalue weighted by Gasteiger charge is -2.22. The molecule has 1 heterocycles. The minimum absolute atomic E-state index is 0.725. The van der Waals surface area contributed by atoms with Crippen LogP contribution in [-0.2, 0) is 26.6 Å². The van der Waals surface area contributed by atoms with E-state index in [4.69, 9.17) is 5.26 Å². The van der Waals surface area contributed by atoms with Crippen LogP contribution in [0.4, 0.5) is 26.3 Å². The Kier molecular flexibility index (Phi) is 8.67. The Hall–Kier alpha value is -1.92. The molecule has 154 valence electrons. The van der Waals surface area contributed by atoms with E-state index in [0.29, 0.717) is 0 Å². The monoisotopic (exact) mass is 441 g/mol. The SMILES string of the molecule is CCCC[n+]1ccc(C#N)cc1.O=S(=O)([N-]S(=O)(=O)C(F)(F)F)C(F)(F)F. The van der Waals surface area contributed by atoms with Crippen molar-refractivity contribution < 1.29 is 47.7 Å². The number of sulfonamides is 2. The van der Waals surface area contributed by atoms with E-state index in [1.807, 2.05) is 24.5 Å². The zero-order chi connectivity index (χ0) is 21.5. The van der Waals surface area contributed by atoms with Gasteiger partial charge in [0.15, 0.2) is 32.4 Å². The molecule has 0 aromatic carbocycles. The summed E-state index contributed by atoms with van der Waals surface area (Å²) < 4.78 is 111. The zero-order valence-electron chi connectivity index (χ0n) is 13.5. The van der Waals surface area contributed by atoms with E-state index >= 15 is 0 Å². The molecule has 1 aromatic heterocycles. The summed E-state index contributed by atoms with van der Waals surface area (Å²) in [4.78, 5) is 0. The lowest BCUT2D eigenvalue weighted by molar-refractivity contribution is -0.697. The molecule has 0 unspecified atom stereocenters. The van der Waals surface area contributed by atoms with E-state index in [1.165, 1.54) is 12.8 Å². The van der Waals surface area contributed by atoms with Crippen molar-refractivity contribution in [3.8, 4) is 6.07 Å². The van der Waals surface area contributed by atoms with Crippen molar-refractivity contribution >= 4 is 20.0 Å². The minimum atomic E-state index is -6.72. The van der Waals surface area contributed by atoms with Crippen LogP contribution >= 0.6 is 0 Å². The van der Waals surface area contributed by atoms with Crippen molar-refractivity contribution in [2.75, 3.05) is 0 Å². The number of alkyl halides is 6. The van der Waals surface area contributed by atoms with E-state index in [0.717, 1.165) is 16.2 Å². The number of aryl methyl sites for hydroxylation is 1. The molecule has 1 aromatic rings. The van der Waals surface area contributed by atoms with Gasteiger partial charge in [-0.05, 0) is 0 Å². The molecule has 0 amide bonds. The maximum atomic E-state index is 11.4. The van der Waals surface area contributed by atoms with Crippen molar-refractivity contribution in [3.63, 3.8) is 0 Å².